The van der Waals surface area contributed by atoms with Crippen molar-refractivity contribution in [2.75, 3.05) is 19.8 Å². The van der Waals surface area contributed by atoms with Crippen molar-refractivity contribution >= 4 is 28.4 Å². The van der Waals surface area contributed by atoms with Crippen LogP contribution < -0.4 is 15.6 Å². The van der Waals surface area contributed by atoms with Crippen LogP contribution in [-0.4, -0.2) is 58.6 Å². The number of aromatic nitrogens is 2. The highest BCUT2D eigenvalue weighted by Crippen LogP contribution is 2.26. The molecule has 2 heterocycles. The maximum atomic E-state index is 14.6. The summed E-state index contributed by atoms with van der Waals surface area (Å²) in [5.74, 6) is -2.60. The molecule has 37 heavy (non-hydrogen) atoms. The third-order valence-electron chi connectivity index (χ3n) is 5.87. The number of nitrogens with one attached hydrogen (secondary N) is 2. The molecule has 2 aromatic carbocycles. The van der Waals surface area contributed by atoms with Gasteiger partial charge >= 0.3 is 0 Å². The molecule has 1 amide bonds. The van der Waals surface area contributed by atoms with Gasteiger partial charge in [-0.3, -0.25) is 9.59 Å². The van der Waals surface area contributed by atoms with Gasteiger partial charge in [-0.2, -0.15) is 0 Å². The van der Waals surface area contributed by atoms with Crippen LogP contribution in [0.15, 0.2) is 35.1 Å². The van der Waals surface area contributed by atoms with Gasteiger partial charge in [-0.25, -0.2) is 13.8 Å². The molecule has 1 aliphatic heterocycles. The number of carbonyl (C=O) groups is 1. The second-order valence-corrected chi connectivity index (χ2v) is 9.59. The Hall–Kier alpha value is -3.12. The van der Waals surface area contributed by atoms with Crippen molar-refractivity contribution < 1.29 is 32.9 Å². The number of hydrogen-bond acceptors (Lipinski definition) is 7. The first kappa shape index (κ1) is 26.9. The minimum Gasteiger partial charge on any atom is -0.489 e. The van der Waals surface area contributed by atoms with Gasteiger partial charge in [-0.1, -0.05) is 17.7 Å². The smallest absolute Gasteiger partial charge is 0.287 e. The van der Waals surface area contributed by atoms with Crippen LogP contribution in [0.1, 0.15) is 36.5 Å². The molecule has 12 heteroatoms. The molecule has 1 aromatic heterocycles. The minimum atomic E-state index is -1.04. The van der Waals surface area contributed by atoms with Crippen LogP contribution in [0.3, 0.4) is 0 Å². The number of fused-ring (bicyclic) bond motifs is 1. The molecule has 2 atom stereocenters. The van der Waals surface area contributed by atoms with E-state index in [9.17, 15) is 23.5 Å². The molecule has 9 nitrogen and oxygen atoms in total. The Morgan fingerprint density at radius 2 is 2.00 bits per heavy atom. The summed E-state index contributed by atoms with van der Waals surface area (Å²) in [4.78, 5) is 31.8. The molecule has 0 radical (unpaired) electrons. The molecule has 0 spiro atoms. The molecular weight excluding hydrogens is 512 g/mol. The van der Waals surface area contributed by atoms with Crippen LogP contribution >= 0.6 is 11.6 Å². The van der Waals surface area contributed by atoms with Gasteiger partial charge in [-0.05, 0) is 43.7 Å². The largest absolute Gasteiger partial charge is 0.489 e. The zero-order valence-corrected chi connectivity index (χ0v) is 20.9. The molecule has 0 aliphatic carbocycles. The number of nitrogens with zero attached hydrogens (tertiary/aromatic N) is 1. The van der Waals surface area contributed by atoms with E-state index >= 15 is 0 Å². The lowest BCUT2D eigenvalue weighted by atomic mass is 10.0. The first-order chi connectivity index (χ1) is 17.5. The number of benzene rings is 2. The van der Waals surface area contributed by atoms with Crippen LogP contribution in [0.2, 0.25) is 5.02 Å². The van der Waals surface area contributed by atoms with E-state index < -0.39 is 34.8 Å². The van der Waals surface area contributed by atoms with Crippen LogP contribution in [0, 0.1) is 11.6 Å². The Bertz CT molecular complexity index is 1350. The monoisotopic (exact) mass is 537 g/mol. The molecule has 4 rings (SSSR count). The van der Waals surface area contributed by atoms with Crippen LogP contribution in [0.25, 0.3) is 10.9 Å². The summed E-state index contributed by atoms with van der Waals surface area (Å²) in [5, 5.41) is 12.4. The molecule has 198 valence electrons. The zero-order valence-electron chi connectivity index (χ0n) is 20.1. The predicted octanol–water partition coefficient (Wildman–Crippen LogP) is 3.11. The molecule has 3 aromatic rings. The van der Waals surface area contributed by atoms with E-state index in [1.165, 1.54) is 24.3 Å². The maximum Gasteiger partial charge on any atom is 0.287 e. The van der Waals surface area contributed by atoms with Gasteiger partial charge < -0.3 is 29.6 Å². The Morgan fingerprint density at radius 1 is 1.24 bits per heavy atom. The quantitative estimate of drug-likeness (QED) is 0.403. The van der Waals surface area contributed by atoms with Gasteiger partial charge in [0.15, 0.2) is 17.4 Å². The lowest BCUT2D eigenvalue weighted by Gasteiger charge is -2.35. The number of rotatable bonds is 8. The summed E-state index contributed by atoms with van der Waals surface area (Å²) >= 11 is 5.75. The first-order valence-electron chi connectivity index (χ1n) is 11.6. The van der Waals surface area contributed by atoms with Gasteiger partial charge in [-0.15, -0.1) is 0 Å². The standard InChI is InChI=1S/C25H26ClF2N3O6/c1-25(2,34)19-12-36-14(11-37-19)7-8-35-21-17(28)5-6-18-20(21)23(32)31-22(30-18)24(33)29-10-13-3-4-16(27)15(26)9-13/h3-6,9,14,19,34H,7-8,10-12H2,1-2H3,(H,29,33)(H,30,31,32). The maximum absolute atomic E-state index is 14.6. The van der Waals surface area contributed by atoms with Crippen LogP contribution in [-0.2, 0) is 16.0 Å². The molecule has 0 bridgehead atoms. The fourth-order valence-electron chi connectivity index (χ4n) is 3.75. The number of amides is 1. The third-order valence-corrected chi connectivity index (χ3v) is 6.16. The van der Waals surface area contributed by atoms with E-state index in [0.29, 0.717) is 12.0 Å². The average Bonchev–Trinajstić information content (AvgIpc) is 2.85. The Kier molecular flexibility index (Phi) is 8.08. The molecule has 3 N–H and O–H groups in total. The second-order valence-electron chi connectivity index (χ2n) is 9.18. The number of halogens is 3. The topological polar surface area (TPSA) is 123 Å². The molecule has 1 saturated heterocycles. The molecule has 2 unspecified atom stereocenters. The molecule has 0 saturated carbocycles. The average molecular weight is 538 g/mol. The summed E-state index contributed by atoms with van der Waals surface area (Å²) in [7, 11) is 0. The summed E-state index contributed by atoms with van der Waals surface area (Å²) < 4.78 is 44.8. The first-order valence-corrected chi connectivity index (χ1v) is 11.9. The molecule has 1 aliphatic rings. The van der Waals surface area contributed by atoms with Gasteiger partial charge in [0.25, 0.3) is 11.5 Å². The number of carbonyl (C=O) groups excluding carboxylic acids is 1. The van der Waals surface area contributed by atoms with Crippen LogP contribution in [0.4, 0.5) is 8.78 Å². The lowest BCUT2D eigenvalue weighted by molar-refractivity contribution is -0.191. The normalized spacial score (nSPS) is 18.1. The minimum absolute atomic E-state index is 0.0157. The van der Waals surface area contributed by atoms with Gasteiger partial charge in [0.05, 0.1) is 42.1 Å². The molecular formula is C25H26ClF2N3O6. The number of aliphatic hydroxyl groups is 1. The van der Waals surface area contributed by atoms with E-state index in [1.807, 2.05) is 0 Å². The highest BCUT2D eigenvalue weighted by atomic mass is 35.5. The number of ether oxygens (including phenoxy) is 3. The summed E-state index contributed by atoms with van der Waals surface area (Å²) in [5.41, 5.74) is -1.17. The summed E-state index contributed by atoms with van der Waals surface area (Å²) in [6, 6.07) is 6.38. The van der Waals surface area contributed by atoms with Crippen molar-refractivity contribution in [2.24, 2.45) is 0 Å². The Morgan fingerprint density at radius 3 is 2.68 bits per heavy atom. The van der Waals surface area contributed by atoms with Crippen molar-refractivity contribution in [1.29, 1.82) is 0 Å². The highest BCUT2D eigenvalue weighted by Gasteiger charge is 2.33. The lowest BCUT2D eigenvalue weighted by Crippen LogP contribution is -2.48. The van der Waals surface area contributed by atoms with Crippen LogP contribution in [0.5, 0.6) is 5.75 Å². The fraction of sp³-hybridized carbons (Fsp3) is 0.400. The fourth-order valence-corrected chi connectivity index (χ4v) is 3.96. The summed E-state index contributed by atoms with van der Waals surface area (Å²) in [6.45, 7) is 3.76. The summed E-state index contributed by atoms with van der Waals surface area (Å²) in [6.07, 6.45) is -0.419. The Balaban J connectivity index is 1.42. The van der Waals surface area contributed by atoms with Gasteiger partial charge in [0.1, 0.15) is 17.3 Å². The van der Waals surface area contributed by atoms with E-state index in [1.54, 1.807) is 13.8 Å². The zero-order chi connectivity index (χ0) is 26.7. The van der Waals surface area contributed by atoms with E-state index in [2.05, 4.69) is 15.3 Å². The second kappa shape index (κ2) is 11.1. The highest BCUT2D eigenvalue weighted by molar-refractivity contribution is 6.30. The predicted molar refractivity (Wildman–Crippen MR) is 131 cm³/mol. The van der Waals surface area contributed by atoms with Gasteiger partial charge in [0.2, 0.25) is 0 Å². The number of hydrogen-bond donors (Lipinski definition) is 3. The van der Waals surface area contributed by atoms with E-state index in [-0.39, 0.29) is 60.0 Å². The molecule has 1 fully saturated rings. The van der Waals surface area contributed by atoms with Crippen molar-refractivity contribution in [2.45, 2.75) is 44.6 Å². The van der Waals surface area contributed by atoms with Crippen molar-refractivity contribution in [1.82, 2.24) is 15.3 Å². The van der Waals surface area contributed by atoms with E-state index in [4.69, 9.17) is 25.8 Å². The SMILES string of the molecule is CC(C)(O)C1COC(CCOc2c(F)ccc3nc(C(=O)NCc4ccc(F)c(Cl)c4)[nH]c(=O)c23)CO1. The van der Waals surface area contributed by atoms with Crippen molar-refractivity contribution in [3.63, 3.8) is 0 Å². The van der Waals surface area contributed by atoms with Crippen molar-refractivity contribution in [3.8, 4) is 5.75 Å². The number of aromatic amines is 1. The third kappa shape index (κ3) is 6.42. The van der Waals surface area contributed by atoms with Gasteiger partial charge in [0, 0.05) is 13.0 Å². The number of H-pyrrole nitrogens is 1. The van der Waals surface area contributed by atoms with Crippen molar-refractivity contribution in [3.05, 3.63) is 68.7 Å². The van der Waals surface area contributed by atoms with E-state index in [0.717, 1.165) is 6.07 Å². The Labute approximate surface area is 215 Å².